The van der Waals surface area contributed by atoms with Crippen LogP contribution in [0.5, 0.6) is 0 Å². The van der Waals surface area contributed by atoms with Gasteiger partial charge in [0.2, 0.25) is 0 Å². The highest BCUT2D eigenvalue weighted by molar-refractivity contribution is 5.77. The van der Waals surface area contributed by atoms with E-state index in [0.29, 0.717) is 6.42 Å². The third-order valence-electron chi connectivity index (χ3n) is 2.05. The third kappa shape index (κ3) is 6.06. The number of hydrogen-bond acceptors (Lipinski definition) is 5. The van der Waals surface area contributed by atoms with Crippen molar-refractivity contribution in [3.8, 4) is 0 Å². The van der Waals surface area contributed by atoms with Crippen molar-refractivity contribution in [1.29, 1.82) is 0 Å². The van der Waals surface area contributed by atoms with E-state index in [-0.39, 0.29) is 18.5 Å². The summed E-state index contributed by atoms with van der Waals surface area (Å²) in [7, 11) is 2.64. The molecule has 0 fully saturated rings. The zero-order chi connectivity index (χ0) is 11.7. The van der Waals surface area contributed by atoms with E-state index in [1.54, 1.807) is 0 Å². The number of carbonyl (C=O) groups is 2. The van der Waals surface area contributed by atoms with Crippen LogP contribution in [-0.2, 0) is 19.1 Å². The molecule has 0 bridgehead atoms. The predicted molar refractivity (Wildman–Crippen MR) is 55.3 cm³/mol. The Hall–Kier alpha value is -1.10. The van der Waals surface area contributed by atoms with Crippen molar-refractivity contribution in [2.45, 2.75) is 32.2 Å². The van der Waals surface area contributed by atoms with Crippen LogP contribution in [0.3, 0.4) is 0 Å². The Balaban J connectivity index is 4.00. The smallest absolute Gasteiger partial charge is 0.322 e. The fraction of sp³-hybridized carbons (Fsp3) is 0.800. The summed E-state index contributed by atoms with van der Waals surface area (Å²) in [6, 6.07) is -0.422. The van der Waals surface area contributed by atoms with Gasteiger partial charge < -0.3 is 9.47 Å². The van der Waals surface area contributed by atoms with E-state index in [0.717, 1.165) is 12.8 Å². The molecule has 15 heavy (non-hydrogen) atoms. The van der Waals surface area contributed by atoms with Gasteiger partial charge in [-0.05, 0) is 6.42 Å². The molecule has 0 aliphatic heterocycles. The lowest BCUT2D eigenvalue weighted by Gasteiger charge is -2.14. The molecule has 0 heterocycles. The van der Waals surface area contributed by atoms with Gasteiger partial charge in [0.1, 0.15) is 6.04 Å². The molecule has 0 aliphatic carbocycles. The van der Waals surface area contributed by atoms with Gasteiger partial charge in [0.05, 0.1) is 20.8 Å². The monoisotopic (exact) mass is 217 g/mol. The maximum Gasteiger partial charge on any atom is 0.322 e. The number of nitrogens with one attached hydrogen (secondary N) is 1. The zero-order valence-electron chi connectivity index (χ0n) is 9.54. The second-order valence-corrected chi connectivity index (χ2v) is 3.18. The molecule has 0 saturated heterocycles. The maximum absolute atomic E-state index is 11.3. The molecule has 1 unspecified atom stereocenters. The molecule has 0 amide bonds. The minimum absolute atomic E-state index is 0.0278. The van der Waals surface area contributed by atoms with E-state index in [1.807, 2.05) is 6.92 Å². The summed E-state index contributed by atoms with van der Waals surface area (Å²) in [6.45, 7) is 2.06. The van der Waals surface area contributed by atoms with Crippen LogP contribution in [-0.4, -0.2) is 38.7 Å². The molecule has 0 spiro atoms. The van der Waals surface area contributed by atoms with Gasteiger partial charge in [0.15, 0.2) is 0 Å². The Kier molecular flexibility index (Phi) is 7.62. The molecule has 0 radical (unpaired) electrons. The van der Waals surface area contributed by atoms with Gasteiger partial charge in [0, 0.05) is 0 Å². The number of carbonyl (C=O) groups excluding carboxylic acids is 2. The van der Waals surface area contributed by atoms with Crippen LogP contribution in [0.15, 0.2) is 0 Å². The first-order valence-electron chi connectivity index (χ1n) is 5.03. The van der Waals surface area contributed by atoms with Crippen LogP contribution in [0.1, 0.15) is 26.2 Å². The van der Waals surface area contributed by atoms with Gasteiger partial charge in [0.25, 0.3) is 0 Å². The van der Waals surface area contributed by atoms with Crippen LogP contribution in [0, 0.1) is 0 Å². The normalized spacial score (nSPS) is 11.9. The highest BCUT2D eigenvalue weighted by Gasteiger charge is 2.18. The Bertz CT molecular complexity index is 206. The molecule has 0 aromatic carbocycles. The first-order valence-corrected chi connectivity index (χ1v) is 5.03. The predicted octanol–water partition coefficient (Wildman–Crippen LogP) is 0.481. The topological polar surface area (TPSA) is 64.6 Å². The Morgan fingerprint density at radius 2 is 1.93 bits per heavy atom. The van der Waals surface area contributed by atoms with Crippen LogP contribution in [0.2, 0.25) is 0 Å². The van der Waals surface area contributed by atoms with Gasteiger partial charge in [-0.25, -0.2) is 0 Å². The molecule has 0 saturated carbocycles. The number of esters is 2. The Morgan fingerprint density at radius 1 is 1.27 bits per heavy atom. The van der Waals surface area contributed by atoms with E-state index >= 15 is 0 Å². The molecule has 5 nitrogen and oxygen atoms in total. The Labute approximate surface area is 90.1 Å². The molecule has 1 atom stereocenters. The average Bonchev–Trinajstić information content (AvgIpc) is 2.27. The van der Waals surface area contributed by atoms with Crippen LogP contribution in [0.25, 0.3) is 0 Å². The fourth-order valence-corrected chi connectivity index (χ4v) is 1.13. The van der Waals surface area contributed by atoms with E-state index in [1.165, 1.54) is 14.2 Å². The summed E-state index contributed by atoms with van der Waals surface area (Å²) in [4.78, 5) is 22.1. The molecule has 5 heteroatoms. The molecule has 0 rings (SSSR count). The molecular weight excluding hydrogens is 198 g/mol. The highest BCUT2D eigenvalue weighted by Crippen LogP contribution is 2.02. The average molecular weight is 217 g/mol. The highest BCUT2D eigenvalue weighted by atomic mass is 16.5. The molecule has 1 N–H and O–H groups in total. The number of hydrogen-bond donors (Lipinski definition) is 1. The van der Waals surface area contributed by atoms with Crippen molar-refractivity contribution in [2.24, 2.45) is 0 Å². The largest absolute Gasteiger partial charge is 0.468 e. The zero-order valence-corrected chi connectivity index (χ0v) is 9.54. The number of methoxy groups -OCH3 is 2. The van der Waals surface area contributed by atoms with Crippen molar-refractivity contribution in [3.05, 3.63) is 0 Å². The lowest BCUT2D eigenvalue weighted by Crippen LogP contribution is -2.40. The third-order valence-corrected chi connectivity index (χ3v) is 2.05. The van der Waals surface area contributed by atoms with Crippen LogP contribution < -0.4 is 5.32 Å². The van der Waals surface area contributed by atoms with Crippen molar-refractivity contribution < 1.29 is 19.1 Å². The van der Waals surface area contributed by atoms with Crippen LogP contribution >= 0.6 is 0 Å². The SMILES string of the molecule is CCCCC(NCC(=O)OC)C(=O)OC. The molecule has 0 aliphatic rings. The molecule has 0 aromatic rings. The van der Waals surface area contributed by atoms with E-state index in [2.05, 4.69) is 14.8 Å². The quantitative estimate of drug-likeness (QED) is 0.628. The summed E-state index contributed by atoms with van der Waals surface area (Å²) in [5, 5.41) is 2.81. The van der Waals surface area contributed by atoms with Crippen molar-refractivity contribution in [1.82, 2.24) is 5.32 Å². The molecule has 88 valence electrons. The first-order chi connectivity index (χ1) is 7.15. The van der Waals surface area contributed by atoms with Crippen molar-refractivity contribution in [2.75, 3.05) is 20.8 Å². The van der Waals surface area contributed by atoms with Gasteiger partial charge in [-0.15, -0.1) is 0 Å². The minimum atomic E-state index is -0.422. The maximum atomic E-state index is 11.3. The van der Waals surface area contributed by atoms with Crippen LogP contribution in [0.4, 0.5) is 0 Å². The standard InChI is InChI=1S/C10H19NO4/c1-4-5-6-8(10(13)15-3)11-7-9(12)14-2/h8,11H,4-7H2,1-3H3. The second-order valence-electron chi connectivity index (χ2n) is 3.18. The summed E-state index contributed by atoms with van der Waals surface area (Å²) >= 11 is 0. The van der Waals surface area contributed by atoms with Gasteiger partial charge >= 0.3 is 11.9 Å². The lowest BCUT2D eigenvalue weighted by atomic mass is 10.1. The number of ether oxygens (including phenoxy) is 2. The van der Waals surface area contributed by atoms with Gasteiger partial charge in [-0.2, -0.15) is 0 Å². The van der Waals surface area contributed by atoms with Crippen molar-refractivity contribution in [3.63, 3.8) is 0 Å². The lowest BCUT2D eigenvalue weighted by molar-refractivity contribution is -0.144. The Morgan fingerprint density at radius 3 is 2.40 bits per heavy atom. The van der Waals surface area contributed by atoms with Gasteiger partial charge in [-0.3, -0.25) is 14.9 Å². The van der Waals surface area contributed by atoms with Crippen molar-refractivity contribution >= 4 is 11.9 Å². The number of rotatable bonds is 7. The molecule has 0 aromatic heterocycles. The summed E-state index contributed by atoms with van der Waals surface area (Å²) in [6.07, 6.45) is 2.57. The summed E-state index contributed by atoms with van der Waals surface area (Å²) in [5.74, 6) is -0.729. The number of unbranched alkanes of at least 4 members (excludes halogenated alkanes) is 1. The van der Waals surface area contributed by atoms with Gasteiger partial charge in [-0.1, -0.05) is 19.8 Å². The summed E-state index contributed by atoms with van der Waals surface area (Å²) in [5.41, 5.74) is 0. The first kappa shape index (κ1) is 13.9. The van der Waals surface area contributed by atoms with E-state index in [4.69, 9.17) is 0 Å². The fourth-order valence-electron chi connectivity index (χ4n) is 1.13. The van der Waals surface area contributed by atoms with E-state index < -0.39 is 6.04 Å². The second kappa shape index (κ2) is 8.23. The molecular formula is C10H19NO4. The van der Waals surface area contributed by atoms with E-state index in [9.17, 15) is 9.59 Å². The summed E-state index contributed by atoms with van der Waals surface area (Å²) < 4.78 is 9.09. The minimum Gasteiger partial charge on any atom is -0.468 e.